The van der Waals surface area contributed by atoms with E-state index >= 15 is 0 Å². The molecule has 2 atom stereocenters. The molecule has 2 aromatic rings. The first-order valence-corrected chi connectivity index (χ1v) is 7.65. The minimum absolute atomic E-state index is 0.101. The molecule has 0 aliphatic carbocycles. The van der Waals surface area contributed by atoms with Crippen molar-refractivity contribution in [1.29, 1.82) is 0 Å². The van der Waals surface area contributed by atoms with Crippen LogP contribution in [-0.2, 0) is 0 Å². The van der Waals surface area contributed by atoms with Gasteiger partial charge < -0.3 is 10.5 Å². The van der Waals surface area contributed by atoms with E-state index in [0.29, 0.717) is 6.61 Å². The Labute approximate surface area is 129 Å². The standard InChI is InChI=1S/C17H20BrNO/c1-3-20-16-10-9-14(18)11-15(16)17(19)12(2)13-7-5-4-6-8-13/h4-12,17H,3,19H2,1-2H3. The minimum Gasteiger partial charge on any atom is -0.494 e. The van der Waals surface area contributed by atoms with Crippen LogP contribution in [0.15, 0.2) is 53.0 Å². The van der Waals surface area contributed by atoms with E-state index in [9.17, 15) is 0 Å². The lowest BCUT2D eigenvalue weighted by Gasteiger charge is -2.23. The number of rotatable bonds is 5. The molecule has 0 saturated heterocycles. The van der Waals surface area contributed by atoms with Gasteiger partial charge in [0, 0.05) is 22.0 Å². The third kappa shape index (κ3) is 3.41. The van der Waals surface area contributed by atoms with Crippen LogP contribution in [0.3, 0.4) is 0 Å². The fraction of sp³-hybridized carbons (Fsp3) is 0.294. The van der Waals surface area contributed by atoms with E-state index < -0.39 is 0 Å². The molecule has 0 fully saturated rings. The SMILES string of the molecule is CCOc1ccc(Br)cc1C(N)C(C)c1ccccc1. The van der Waals surface area contributed by atoms with Gasteiger partial charge in [-0.05, 0) is 30.7 Å². The number of ether oxygens (including phenoxy) is 1. The second-order valence-electron chi connectivity index (χ2n) is 4.84. The van der Waals surface area contributed by atoms with Crippen LogP contribution < -0.4 is 10.5 Å². The van der Waals surface area contributed by atoms with Gasteiger partial charge in [-0.25, -0.2) is 0 Å². The molecule has 106 valence electrons. The first kappa shape index (κ1) is 15.1. The maximum Gasteiger partial charge on any atom is 0.124 e. The Morgan fingerprint density at radius 3 is 2.50 bits per heavy atom. The van der Waals surface area contributed by atoms with Crippen molar-refractivity contribution >= 4 is 15.9 Å². The average Bonchev–Trinajstić information content (AvgIpc) is 2.48. The highest BCUT2D eigenvalue weighted by Gasteiger charge is 2.20. The summed E-state index contributed by atoms with van der Waals surface area (Å²) in [7, 11) is 0. The molecule has 2 rings (SSSR count). The molecule has 20 heavy (non-hydrogen) atoms. The summed E-state index contributed by atoms with van der Waals surface area (Å²) in [4.78, 5) is 0. The van der Waals surface area contributed by atoms with Gasteiger partial charge in [0.05, 0.1) is 6.61 Å². The molecule has 2 aromatic carbocycles. The molecule has 2 N–H and O–H groups in total. The van der Waals surface area contributed by atoms with Gasteiger partial charge in [-0.3, -0.25) is 0 Å². The molecule has 0 aliphatic heterocycles. The quantitative estimate of drug-likeness (QED) is 0.864. The number of nitrogens with two attached hydrogens (primary N) is 1. The molecule has 0 heterocycles. The summed E-state index contributed by atoms with van der Waals surface area (Å²) in [6.07, 6.45) is 0. The van der Waals surface area contributed by atoms with Crippen LogP contribution in [0.5, 0.6) is 5.75 Å². The third-order valence-electron chi connectivity index (χ3n) is 3.49. The van der Waals surface area contributed by atoms with E-state index in [4.69, 9.17) is 10.5 Å². The Kier molecular flexibility index (Phi) is 5.21. The fourth-order valence-electron chi connectivity index (χ4n) is 2.30. The Bertz CT molecular complexity index is 556. The van der Waals surface area contributed by atoms with Crippen LogP contribution >= 0.6 is 15.9 Å². The summed E-state index contributed by atoms with van der Waals surface area (Å²) < 4.78 is 6.72. The zero-order chi connectivity index (χ0) is 14.5. The molecule has 2 unspecified atom stereocenters. The largest absolute Gasteiger partial charge is 0.494 e. The van der Waals surface area contributed by atoms with E-state index in [2.05, 4.69) is 41.1 Å². The first-order chi connectivity index (χ1) is 9.63. The number of benzene rings is 2. The van der Waals surface area contributed by atoms with E-state index in [1.54, 1.807) is 0 Å². The van der Waals surface area contributed by atoms with Crippen LogP contribution in [-0.4, -0.2) is 6.61 Å². The second-order valence-corrected chi connectivity index (χ2v) is 5.76. The van der Waals surface area contributed by atoms with Gasteiger partial charge in [-0.15, -0.1) is 0 Å². The minimum atomic E-state index is -0.101. The fourth-order valence-corrected chi connectivity index (χ4v) is 2.68. The summed E-state index contributed by atoms with van der Waals surface area (Å²) in [5, 5.41) is 0. The van der Waals surface area contributed by atoms with E-state index in [-0.39, 0.29) is 12.0 Å². The van der Waals surface area contributed by atoms with Gasteiger partial charge in [0.25, 0.3) is 0 Å². The predicted octanol–water partition coefficient (Wildman–Crippen LogP) is 4.65. The molecule has 0 aliphatic rings. The average molecular weight is 334 g/mol. The number of halogens is 1. The first-order valence-electron chi connectivity index (χ1n) is 6.86. The Morgan fingerprint density at radius 2 is 1.85 bits per heavy atom. The van der Waals surface area contributed by atoms with Crippen LogP contribution in [0.25, 0.3) is 0 Å². The van der Waals surface area contributed by atoms with Gasteiger partial charge in [-0.1, -0.05) is 53.2 Å². The van der Waals surface area contributed by atoms with Gasteiger partial charge in [0.2, 0.25) is 0 Å². The Morgan fingerprint density at radius 1 is 1.15 bits per heavy atom. The molecule has 0 radical (unpaired) electrons. The van der Waals surface area contributed by atoms with E-state index in [1.807, 2.05) is 37.3 Å². The van der Waals surface area contributed by atoms with Crippen LogP contribution in [0.2, 0.25) is 0 Å². The Hall–Kier alpha value is -1.32. The number of hydrogen-bond donors (Lipinski definition) is 1. The monoisotopic (exact) mass is 333 g/mol. The lowest BCUT2D eigenvalue weighted by molar-refractivity contribution is 0.332. The zero-order valence-electron chi connectivity index (χ0n) is 11.8. The topological polar surface area (TPSA) is 35.2 Å². The lowest BCUT2D eigenvalue weighted by atomic mass is 9.89. The van der Waals surface area contributed by atoms with Crippen molar-refractivity contribution < 1.29 is 4.74 Å². The summed E-state index contributed by atoms with van der Waals surface area (Å²) >= 11 is 3.51. The van der Waals surface area contributed by atoms with Crippen LogP contribution in [0.4, 0.5) is 0 Å². The highest BCUT2D eigenvalue weighted by atomic mass is 79.9. The predicted molar refractivity (Wildman–Crippen MR) is 87.1 cm³/mol. The van der Waals surface area contributed by atoms with Crippen molar-refractivity contribution in [3.8, 4) is 5.75 Å². The molecule has 0 bridgehead atoms. The summed E-state index contributed by atoms with van der Waals surface area (Å²) in [5.74, 6) is 1.09. The second kappa shape index (κ2) is 6.91. The van der Waals surface area contributed by atoms with Crippen molar-refractivity contribution in [1.82, 2.24) is 0 Å². The Balaban J connectivity index is 2.32. The van der Waals surface area contributed by atoms with Crippen molar-refractivity contribution in [2.75, 3.05) is 6.61 Å². The van der Waals surface area contributed by atoms with Crippen LogP contribution in [0.1, 0.15) is 36.9 Å². The van der Waals surface area contributed by atoms with Gasteiger partial charge in [0.1, 0.15) is 5.75 Å². The maximum atomic E-state index is 6.47. The molecule has 0 aromatic heterocycles. The van der Waals surface area contributed by atoms with Crippen molar-refractivity contribution in [3.63, 3.8) is 0 Å². The van der Waals surface area contributed by atoms with Gasteiger partial charge in [0.15, 0.2) is 0 Å². The highest BCUT2D eigenvalue weighted by molar-refractivity contribution is 9.10. The third-order valence-corrected chi connectivity index (χ3v) is 3.99. The molecule has 2 nitrogen and oxygen atoms in total. The molecular weight excluding hydrogens is 314 g/mol. The molecule has 3 heteroatoms. The molecule has 0 spiro atoms. The van der Waals surface area contributed by atoms with Gasteiger partial charge in [-0.2, -0.15) is 0 Å². The normalized spacial score (nSPS) is 13.8. The molecule has 0 saturated carbocycles. The van der Waals surface area contributed by atoms with Crippen molar-refractivity contribution in [2.45, 2.75) is 25.8 Å². The van der Waals surface area contributed by atoms with E-state index in [0.717, 1.165) is 15.8 Å². The maximum absolute atomic E-state index is 6.47. The highest BCUT2D eigenvalue weighted by Crippen LogP contribution is 2.35. The zero-order valence-corrected chi connectivity index (χ0v) is 13.4. The smallest absolute Gasteiger partial charge is 0.124 e. The van der Waals surface area contributed by atoms with Crippen molar-refractivity contribution in [2.24, 2.45) is 5.73 Å². The summed E-state index contributed by atoms with van der Waals surface area (Å²) in [6, 6.07) is 16.2. The summed E-state index contributed by atoms with van der Waals surface area (Å²) in [5.41, 5.74) is 8.75. The molecular formula is C17H20BrNO. The lowest BCUT2D eigenvalue weighted by Crippen LogP contribution is -2.18. The van der Waals surface area contributed by atoms with E-state index in [1.165, 1.54) is 5.56 Å². The number of hydrogen-bond acceptors (Lipinski definition) is 2. The van der Waals surface area contributed by atoms with Crippen LogP contribution in [0, 0.1) is 0 Å². The van der Waals surface area contributed by atoms with Crippen molar-refractivity contribution in [3.05, 3.63) is 64.1 Å². The van der Waals surface area contributed by atoms with Gasteiger partial charge >= 0.3 is 0 Å². The molecule has 0 amide bonds. The summed E-state index contributed by atoms with van der Waals surface area (Å²) in [6.45, 7) is 4.77.